The maximum Gasteiger partial charge on any atom is 0.339 e. The van der Waals surface area contributed by atoms with E-state index in [1.807, 2.05) is 0 Å². The van der Waals surface area contributed by atoms with Crippen molar-refractivity contribution in [1.82, 2.24) is 5.43 Å². The predicted molar refractivity (Wildman–Crippen MR) is 144 cm³/mol. The van der Waals surface area contributed by atoms with Crippen molar-refractivity contribution in [1.29, 1.82) is 0 Å². The van der Waals surface area contributed by atoms with Crippen LogP contribution >= 0.6 is 27.5 Å². The van der Waals surface area contributed by atoms with Gasteiger partial charge in [0.25, 0.3) is 5.91 Å². The van der Waals surface area contributed by atoms with E-state index in [0.717, 1.165) is 0 Å². The van der Waals surface area contributed by atoms with E-state index >= 15 is 0 Å². The molecule has 1 amide bonds. The number of nitrogens with one attached hydrogen (secondary N) is 1. The Morgan fingerprint density at radius 1 is 1.05 bits per heavy atom. The first-order valence-electron chi connectivity index (χ1n) is 10.5. The van der Waals surface area contributed by atoms with E-state index in [9.17, 15) is 13.2 Å². The van der Waals surface area contributed by atoms with Crippen molar-refractivity contribution < 1.29 is 31.6 Å². The molecule has 3 aromatic rings. The van der Waals surface area contributed by atoms with Crippen molar-refractivity contribution in [3.8, 4) is 23.0 Å². The van der Waals surface area contributed by atoms with Gasteiger partial charge in [0.15, 0.2) is 23.0 Å². The number of rotatable bonds is 11. The van der Waals surface area contributed by atoms with Gasteiger partial charge in [-0.05, 0) is 76.1 Å². The van der Waals surface area contributed by atoms with Crippen LogP contribution in [-0.2, 0) is 10.1 Å². The first-order chi connectivity index (χ1) is 17.7. The second kappa shape index (κ2) is 12.6. The van der Waals surface area contributed by atoms with Crippen molar-refractivity contribution in [3.63, 3.8) is 0 Å². The van der Waals surface area contributed by atoms with E-state index < -0.39 is 16.0 Å². The Labute approximate surface area is 227 Å². The van der Waals surface area contributed by atoms with Crippen LogP contribution in [0.15, 0.2) is 81.7 Å². The van der Waals surface area contributed by atoms with E-state index in [1.165, 1.54) is 56.8 Å². The number of carbonyl (C=O) groups excluding carboxylic acids is 1. The molecule has 0 unspecified atom stereocenters. The molecular formula is C25H22BrClN2O7S. The number of halogens is 2. The highest BCUT2D eigenvalue weighted by Gasteiger charge is 2.22. The summed E-state index contributed by atoms with van der Waals surface area (Å²) in [5.74, 6) is 0.449. The van der Waals surface area contributed by atoms with Crippen LogP contribution in [0.1, 0.15) is 15.9 Å². The van der Waals surface area contributed by atoms with Crippen molar-refractivity contribution in [2.75, 3.05) is 20.8 Å². The minimum absolute atomic E-state index is 0.0514. The van der Waals surface area contributed by atoms with Crippen LogP contribution in [0, 0.1) is 0 Å². The second-order valence-electron chi connectivity index (χ2n) is 7.19. The molecule has 12 heteroatoms. The lowest BCUT2D eigenvalue weighted by molar-refractivity contribution is 0.0954. The number of hydrogen-bond acceptors (Lipinski definition) is 8. The average Bonchev–Trinajstić information content (AvgIpc) is 2.88. The van der Waals surface area contributed by atoms with E-state index in [1.54, 1.807) is 24.3 Å². The molecule has 0 bridgehead atoms. The van der Waals surface area contributed by atoms with Gasteiger partial charge in [-0.3, -0.25) is 4.79 Å². The van der Waals surface area contributed by atoms with E-state index in [0.29, 0.717) is 34.3 Å². The molecule has 0 heterocycles. The summed E-state index contributed by atoms with van der Waals surface area (Å²) in [4.78, 5) is 12.4. The van der Waals surface area contributed by atoms with E-state index in [2.05, 4.69) is 33.0 Å². The molecule has 9 nitrogen and oxygen atoms in total. The number of hydrogen-bond donors (Lipinski definition) is 1. The molecule has 0 saturated heterocycles. The zero-order chi connectivity index (χ0) is 27.0. The molecule has 0 radical (unpaired) electrons. The standard InChI is InChI=1S/C25H22BrClN2O7S/c1-4-11-35-21-10-5-17(14-22(21)33-2)25(30)29-28-15-16-12-20(26)24(23(13-16)34-3)36-37(31,32)19-8-6-18(27)7-9-19/h4-10,12-15H,1,11H2,2-3H3,(H,29,30)/b28-15+. The van der Waals surface area contributed by atoms with Crippen LogP contribution in [-0.4, -0.2) is 41.4 Å². The molecule has 1 N–H and O–H groups in total. The molecule has 0 aliphatic carbocycles. The number of nitrogens with zero attached hydrogens (tertiary/aromatic N) is 1. The van der Waals surface area contributed by atoms with Gasteiger partial charge in [0.2, 0.25) is 0 Å². The number of ether oxygens (including phenoxy) is 3. The largest absolute Gasteiger partial charge is 0.493 e. The average molecular weight is 610 g/mol. The maximum absolute atomic E-state index is 12.7. The number of methoxy groups -OCH3 is 2. The summed E-state index contributed by atoms with van der Waals surface area (Å²) in [7, 11) is -1.32. The normalized spacial score (nSPS) is 11.1. The molecule has 0 aromatic heterocycles. The van der Waals surface area contributed by atoms with Gasteiger partial charge >= 0.3 is 10.1 Å². The Balaban J connectivity index is 1.75. The molecule has 0 atom stereocenters. The maximum atomic E-state index is 12.7. The van der Waals surface area contributed by atoms with Crippen molar-refractivity contribution in [2.45, 2.75) is 4.90 Å². The molecule has 0 spiro atoms. The summed E-state index contributed by atoms with van der Waals surface area (Å²) in [6.45, 7) is 3.89. The molecular weight excluding hydrogens is 588 g/mol. The van der Waals surface area contributed by atoms with E-state index in [4.69, 9.17) is 30.0 Å². The zero-order valence-electron chi connectivity index (χ0n) is 19.7. The Morgan fingerprint density at radius 2 is 1.76 bits per heavy atom. The number of carbonyl (C=O) groups is 1. The molecule has 3 aromatic carbocycles. The molecule has 0 aliphatic rings. The van der Waals surface area contributed by atoms with Crippen LogP contribution in [0.4, 0.5) is 0 Å². The van der Waals surface area contributed by atoms with Crippen LogP contribution in [0.3, 0.4) is 0 Å². The summed E-state index contributed by atoms with van der Waals surface area (Å²) in [6.07, 6.45) is 2.96. The topological polar surface area (TPSA) is 113 Å². The number of benzene rings is 3. The second-order valence-corrected chi connectivity index (χ2v) is 10.0. The third-order valence-electron chi connectivity index (χ3n) is 4.71. The number of hydrazone groups is 1. The predicted octanol–water partition coefficient (Wildman–Crippen LogP) is 5.22. The fourth-order valence-electron chi connectivity index (χ4n) is 2.96. The SMILES string of the molecule is C=CCOc1ccc(C(=O)N/N=C/c2cc(Br)c(OS(=O)(=O)c3ccc(Cl)cc3)c(OC)c2)cc1OC. The van der Waals surface area contributed by atoms with Crippen LogP contribution < -0.4 is 23.8 Å². The quantitative estimate of drug-likeness (QED) is 0.137. The van der Waals surface area contributed by atoms with Crippen LogP contribution in [0.2, 0.25) is 5.02 Å². The zero-order valence-corrected chi connectivity index (χ0v) is 22.9. The van der Waals surface area contributed by atoms with Gasteiger partial charge < -0.3 is 18.4 Å². The van der Waals surface area contributed by atoms with Gasteiger partial charge in [-0.25, -0.2) is 5.43 Å². The van der Waals surface area contributed by atoms with Gasteiger partial charge in [-0.2, -0.15) is 13.5 Å². The third-order valence-corrected chi connectivity index (χ3v) is 6.79. The first-order valence-corrected chi connectivity index (χ1v) is 13.1. The fourth-order valence-corrected chi connectivity index (χ4v) is 4.69. The fraction of sp³-hybridized carbons (Fsp3) is 0.120. The summed E-state index contributed by atoms with van der Waals surface area (Å²) < 4.78 is 47.0. The lowest BCUT2D eigenvalue weighted by Crippen LogP contribution is -2.17. The summed E-state index contributed by atoms with van der Waals surface area (Å²) in [5, 5.41) is 4.36. The summed E-state index contributed by atoms with van der Waals surface area (Å²) in [6, 6.07) is 13.3. The van der Waals surface area contributed by atoms with Crippen molar-refractivity contribution in [2.24, 2.45) is 5.10 Å². The molecule has 194 valence electrons. The minimum atomic E-state index is -4.15. The third kappa shape index (κ3) is 7.25. The highest BCUT2D eigenvalue weighted by atomic mass is 79.9. The van der Waals surface area contributed by atoms with Crippen LogP contribution in [0.25, 0.3) is 0 Å². The lowest BCUT2D eigenvalue weighted by atomic mass is 10.2. The molecule has 0 saturated carbocycles. The Kier molecular flexibility index (Phi) is 9.56. The highest BCUT2D eigenvalue weighted by molar-refractivity contribution is 9.10. The Morgan fingerprint density at radius 3 is 2.41 bits per heavy atom. The van der Waals surface area contributed by atoms with Gasteiger partial charge in [0.1, 0.15) is 11.5 Å². The number of amides is 1. The van der Waals surface area contributed by atoms with Gasteiger partial charge in [-0.1, -0.05) is 24.3 Å². The molecule has 3 rings (SSSR count). The van der Waals surface area contributed by atoms with Crippen molar-refractivity contribution >= 4 is 49.8 Å². The lowest BCUT2D eigenvalue weighted by Gasteiger charge is -2.13. The first kappa shape index (κ1) is 28.0. The summed E-state index contributed by atoms with van der Waals surface area (Å²) >= 11 is 9.13. The smallest absolute Gasteiger partial charge is 0.339 e. The van der Waals surface area contributed by atoms with Gasteiger partial charge in [0, 0.05) is 10.6 Å². The summed E-state index contributed by atoms with van der Waals surface area (Å²) in [5.41, 5.74) is 3.21. The molecule has 37 heavy (non-hydrogen) atoms. The van der Waals surface area contributed by atoms with Gasteiger partial charge in [-0.15, -0.1) is 0 Å². The molecule has 0 aliphatic heterocycles. The minimum Gasteiger partial charge on any atom is -0.493 e. The van der Waals surface area contributed by atoms with E-state index in [-0.39, 0.29) is 20.9 Å². The van der Waals surface area contributed by atoms with Crippen molar-refractivity contribution in [3.05, 3.63) is 87.9 Å². The Hall–Kier alpha value is -3.54. The molecule has 0 fully saturated rings. The van der Waals surface area contributed by atoms with Gasteiger partial charge in [0.05, 0.1) is 24.9 Å². The monoisotopic (exact) mass is 608 g/mol. The van der Waals surface area contributed by atoms with Crippen LogP contribution in [0.5, 0.6) is 23.0 Å². The highest BCUT2D eigenvalue weighted by Crippen LogP contribution is 2.38. The Bertz CT molecular complexity index is 1430.